The maximum atomic E-state index is 10.7. The summed E-state index contributed by atoms with van der Waals surface area (Å²) in [4.78, 5) is 2.64. The number of hydrogen-bond donors (Lipinski definition) is 1. The maximum Gasteiger partial charge on any atom is 0.522 e. The van der Waals surface area contributed by atoms with E-state index in [0.717, 1.165) is 13.0 Å². The zero-order chi connectivity index (χ0) is 30.4. The summed E-state index contributed by atoms with van der Waals surface area (Å²) in [6, 6.07) is 29.6. The quantitative estimate of drug-likeness (QED) is 0.164. The Balaban J connectivity index is 0.000000390. The lowest BCUT2D eigenvalue weighted by Gasteiger charge is -2.37. The van der Waals surface area contributed by atoms with Crippen molar-refractivity contribution >= 4 is 33.4 Å². The van der Waals surface area contributed by atoms with E-state index in [0.29, 0.717) is 6.04 Å². The van der Waals surface area contributed by atoms with E-state index in [1.165, 1.54) is 56.0 Å². The van der Waals surface area contributed by atoms with Crippen molar-refractivity contribution in [1.82, 2.24) is 4.81 Å². The van der Waals surface area contributed by atoms with Crippen molar-refractivity contribution in [3.05, 3.63) is 112 Å². The van der Waals surface area contributed by atoms with Crippen molar-refractivity contribution < 1.29 is 30.8 Å². The second-order valence-electron chi connectivity index (χ2n) is 11.3. The molecule has 2 heterocycles. The van der Waals surface area contributed by atoms with Gasteiger partial charge in [0, 0.05) is 6.04 Å². The lowest BCUT2D eigenvalue weighted by Crippen LogP contribution is -2.46. The first-order chi connectivity index (χ1) is 19.7. The first-order valence-electron chi connectivity index (χ1n) is 13.8. The van der Waals surface area contributed by atoms with Gasteiger partial charge in [-0.1, -0.05) is 101 Å². The fourth-order valence-corrected chi connectivity index (χ4v) is 6.60. The van der Waals surface area contributed by atoms with Gasteiger partial charge in [0.2, 0.25) is 0 Å². The van der Waals surface area contributed by atoms with Crippen LogP contribution >= 0.6 is 0 Å². The summed E-state index contributed by atoms with van der Waals surface area (Å²) in [6.45, 7) is 9.88. The van der Waals surface area contributed by atoms with E-state index >= 15 is 0 Å². The standard InChI is InChI=1S/C31H32BNO.CHF3O3S/c1-21-15-22(2)18-26(17-21)31(27-19-23(3)16-24(4)20-27)30-13-8-14-33(30)32(34-31)29-12-7-10-25-9-5-6-11-28(25)29;2-1(3,4)8(5,6)7/h5-7,9-12,15-20,30H,8,13-14H2,1-4H3;(H,5,6,7)/t30-;/m0./s1. The average molecular weight is 595 g/mol. The minimum atomic E-state index is -5.84. The molecule has 5 nitrogen and oxygen atoms in total. The number of halogens is 3. The van der Waals surface area contributed by atoms with Crippen LogP contribution in [-0.2, 0) is 20.4 Å². The van der Waals surface area contributed by atoms with Gasteiger partial charge in [-0.25, -0.2) is 0 Å². The molecule has 2 saturated heterocycles. The number of alkyl halides is 3. The third kappa shape index (κ3) is 5.61. The molecule has 1 N–H and O–H groups in total. The first-order valence-corrected chi connectivity index (χ1v) is 15.3. The molecule has 1 atom stereocenters. The third-order valence-electron chi connectivity index (χ3n) is 8.05. The Morgan fingerprint density at radius 1 is 0.857 bits per heavy atom. The molecule has 2 aliphatic heterocycles. The minimum absolute atomic E-state index is 0.0692. The van der Waals surface area contributed by atoms with Crippen LogP contribution in [0.4, 0.5) is 13.2 Å². The Morgan fingerprint density at radius 2 is 1.36 bits per heavy atom. The largest absolute Gasteiger partial charge is 0.522 e. The minimum Gasteiger partial charge on any atom is -0.402 e. The van der Waals surface area contributed by atoms with E-state index in [1.54, 1.807) is 0 Å². The predicted octanol–water partition coefficient (Wildman–Crippen LogP) is 6.60. The Hall–Kier alpha value is -3.18. The molecule has 0 aromatic heterocycles. The average Bonchev–Trinajstić information content (AvgIpc) is 3.49. The molecule has 220 valence electrons. The van der Waals surface area contributed by atoms with Crippen molar-refractivity contribution in [2.75, 3.05) is 6.54 Å². The van der Waals surface area contributed by atoms with E-state index in [2.05, 4.69) is 111 Å². The molecule has 42 heavy (non-hydrogen) atoms. The van der Waals surface area contributed by atoms with Crippen LogP contribution in [0.3, 0.4) is 0 Å². The summed E-state index contributed by atoms with van der Waals surface area (Å²) in [5.74, 6) is 0. The third-order valence-corrected chi connectivity index (χ3v) is 8.63. The molecule has 4 aromatic carbocycles. The Bertz CT molecular complexity index is 1640. The topological polar surface area (TPSA) is 66.8 Å². The molecule has 0 saturated carbocycles. The number of benzene rings is 4. The van der Waals surface area contributed by atoms with E-state index < -0.39 is 21.2 Å². The van der Waals surface area contributed by atoms with Gasteiger partial charge < -0.3 is 9.47 Å². The van der Waals surface area contributed by atoms with Gasteiger partial charge in [-0.2, -0.15) is 21.6 Å². The van der Waals surface area contributed by atoms with Crippen molar-refractivity contribution in [3.8, 4) is 0 Å². The molecule has 2 aliphatic rings. The zero-order valence-corrected chi connectivity index (χ0v) is 24.8. The molecule has 0 unspecified atom stereocenters. The summed E-state index contributed by atoms with van der Waals surface area (Å²) in [5.41, 5.74) is 2.99. The lowest BCUT2D eigenvalue weighted by molar-refractivity contribution is -0.0510. The van der Waals surface area contributed by atoms with E-state index in [4.69, 9.17) is 17.6 Å². The number of hydrogen-bond acceptors (Lipinski definition) is 4. The van der Waals surface area contributed by atoms with Crippen LogP contribution in [0.2, 0.25) is 0 Å². The van der Waals surface area contributed by atoms with Crippen LogP contribution in [0, 0.1) is 27.7 Å². The molecule has 0 spiro atoms. The van der Waals surface area contributed by atoms with Gasteiger partial charge in [-0.05, 0) is 74.4 Å². The van der Waals surface area contributed by atoms with Gasteiger partial charge in [0.15, 0.2) is 0 Å². The fraction of sp³-hybridized carbons (Fsp3) is 0.312. The van der Waals surface area contributed by atoms with Gasteiger partial charge >= 0.3 is 22.7 Å². The highest BCUT2D eigenvalue weighted by molar-refractivity contribution is 7.86. The predicted molar refractivity (Wildman–Crippen MR) is 160 cm³/mol. The maximum absolute atomic E-state index is 10.7. The molecule has 0 bridgehead atoms. The van der Waals surface area contributed by atoms with Gasteiger partial charge in [0.05, 0.1) is 0 Å². The molecule has 4 aromatic rings. The first kappa shape index (κ1) is 30.3. The van der Waals surface area contributed by atoms with Crippen LogP contribution in [0.15, 0.2) is 78.9 Å². The highest BCUT2D eigenvalue weighted by atomic mass is 32.2. The van der Waals surface area contributed by atoms with Crippen LogP contribution in [0.1, 0.15) is 46.2 Å². The summed E-state index contributed by atoms with van der Waals surface area (Å²) in [6.07, 6.45) is 2.34. The molecular weight excluding hydrogens is 562 g/mol. The van der Waals surface area contributed by atoms with E-state index in [-0.39, 0.29) is 7.05 Å². The Morgan fingerprint density at radius 3 is 1.88 bits per heavy atom. The molecular formula is C32H33BF3NO4S. The Kier molecular flexibility index (Phi) is 8.04. The smallest absolute Gasteiger partial charge is 0.402 e. The van der Waals surface area contributed by atoms with Gasteiger partial charge in [0.25, 0.3) is 0 Å². The summed E-state index contributed by atoms with van der Waals surface area (Å²) < 4.78 is 65.0. The van der Waals surface area contributed by atoms with Crippen LogP contribution in [-0.4, -0.2) is 42.9 Å². The monoisotopic (exact) mass is 595 g/mol. The van der Waals surface area contributed by atoms with E-state index in [1.807, 2.05) is 0 Å². The number of fused-ring (bicyclic) bond motifs is 2. The van der Waals surface area contributed by atoms with E-state index in [9.17, 15) is 13.2 Å². The number of nitrogens with zero attached hydrogens (tertiary/aromatic N) is 1. The van der Waals surface area contributed by atoms with Crippen molar-refractivity contribution in [2.45, 2.75) is 57.7 Å². The van der Waals surface area contributed by atoms with Gasteiger partial charge in [-0.15, -0.1) is 0 Å². The highest BCUT2D eigenvalue weighted by Crippen LogP contribution is 2.50. The zero-order valence-electron chi connectivity index (χ0n) is 23.9. The molecule has 0 amide bonds. The Labute approximate surface area is 245 Å². The molecule has 2 fully saturated rings. The summed E-state index contributed by atoms with van der Waals surface area (Å²) in [5, 5.41) is 2.56. The van der Waals surface area contributed by atoms with Crippen molar-refractivity contribution in [3.63, 3.8) is 0 Å². The summed E-state index contributed by atoms with van der Waals surface area (Å²) in [7, 11) is -5.91. The number of aryl methyl sites for hydroxylation is 4. The second-order valence-corrected chi connectivity index (χ2v) is 12.8. The lowest BCUT2D eigenvalue weighted by atomic mass is 9.70. The van der Waals surface area contributed by atoms with Gasteiger partial charge in [-0.3, -0.25) is 4.55 Å². The highest BCUT2D eigenvalue weighted by Gasteiger charge is 2.59. The second kappa shape index (κ2) is 11.2. The van der Waals surface area contributed by atoms with Crippen LogP contribution < -0.4 is 5.46 Å². The normalized spacial score (nSPS) is 18.6. The molecule has 10 heteroatoms. The van der Waals surface area contributed by atoms with Crippen LogP contribution in [0.25, 0.3) is 10.8 Å². The van der Waals surface area contributed by atoms with Gasteiger partial charge in [0.1, 0.15) is 5.60 Å². The fourth-order valence-electron chi connectivity index (χ4n) is 6.60. The SMILES string of the molecule is Cc1cc(C)cc(C2(c3cc(C)cc(C)c3)OB(c3cccc4ccccc34)N3CCC[C@H]32)c1.O=S(=O)(O)C(F)(F)F. The number of rotatable bonds is 3. The van der Waals surface area contributed by atoms with Crippen molar-refractivity contribution in [1.29, 1.82) is 0 Å². The molecule has 6 rings (SSSR count). The summed E-state index contributed by atoms with van der Waals surface area (Å²) >= 11 is 0. The van der Waals surface area contributed by atoms with Crippen LogP contribution in [0.5, 0.6) is 0 Å². The molecule has 0 aliphatic carbocycles. The van der Waals surface area contributed by atoms with Crippen molar-refractivity contribution in [2.24, 2.45) is 0 Å². The molecule has 0 radical (unpaired) electrons.